The Labute approximate surface area is 128 Å². The molecule has 1 aliphatic carbocycles. The van der Waals surface area contributed by atoms with Gasteiger partial charge in [-0.2, -0.15) is 0 Å². The zero-order chi connectivity index (χ0) is 14.8. The van der Waals surface area contributed by atoms with E-state index in [1.807, 2.05) is 6.92 Å². The van der Waals surface area contributed by atoms with Gasteiger partial charge in [-0.15, -0.1) is 11.3 Å². The molecule has 1 heterocycles. The van der Waals surface area contributed by atoms with E-state index >= 15 is 0 Å². The van der Waals surface area contributed by atoms with Gasteiger partial charge in [0.15, 0.2) is 11.6 Å². The monoisotopic (exact) mass is 307 g/mol. The number of likely N-dealkylation sites (N-methyl/N-ethyl adjacent to an activating group) is 1. The van der Waals surface area contributed by atoms with E-state index in [0.717, 1.165) is 31.4 Å². The number of rotatable bonds is 4. The summed E-state index contributed by atoms with van der Waals surface area (Å²) in [7, 11) is 0. The molecule has 0 spiro atoms. The number of aryl methyl sites for hydroxylation is 1. The van der Waals surface area contributed by atoms with E-state index in [2.05, 4.69) is 16.8 Å². The van der Waals surface area contributed by atoms with Crippen LogP contribution in [0.5, 0.6) is 0 Å². The van der Waals surface area contributed by atoms with E-state index in [4.69, 9.17) is 0 Å². The van der Waals surface area contributed by atoms with Crippen LogP contribution < -0.4 is 5.32 Å². The molecule has 1 nitrogen and oxygen atoms in total. The van der Waals surface area contributed by atoms with Gasteiger partial charge in [0.25, 0.3) is 0 Å². The molecule has 2 unspecified atom stereocenters. The normalized spacial score (nSPS) is 19.3. The summed E-state index contributed by atoms with van der Waals surface area (Å²) >= 11 is 1.80. The Hall–Kier alpha value is -1.26. The van der Waals surface area contributed by atoms with Crippen LogP contribution in [0.1, 0.15) is 47.7 Å². The molecule has 1 aliphatic rings. The fraction of sp³-hybridized carbons (Fsp3) is 0.412. The predicted molar refractivity (Wildman–Crippen MR) is 82.8 cm³/mol. The van der Waals surface area contributed by atoms with Crippen LogP contribution in [-0.4, -0.2) is 6.54 Å². The molecule has 1 aromatic heterocycles. The second-order valence-electron chi connectivity index (χ2n) is 5.51. The maximum absolute atomic E-state index is 13.6. The third-order valence-electron chi connectivity index (χ3n) is 4.23. The number of thiophene rings is 1. The van der Waals surface area contributed by atoms with Gasteiger partial charge in [0.2, 0.25) is 0 Å². The molecule has 0 radical (unpaired) electrons. The summed E-state index contributed by atoms with van der Waals surface area (Å²) in [6.45, 7) is 2.85. The highest BCUT2D eigenvalue weighted by Crippen LogP contribution is 2.42. The van der Waals surface area contributed by atoms with E-state index in [0.29, 0.717) is 5.92 Å². The summed E-state index contributed by atoms with van der Waals surface area (Å²) in [6, 6.07) is 6.49. The van der Waals surface area contributed by atoms with E-state index in [9.17, 15) is 8.78 Å². The van der Waals surface area contributed by atoms with Crippen LogP contribution >= 0.6 is 11.3 Å². The lowest BCUT2D eigenvalue weighted by Gasteiger charge is -2.31. The average Bonchev–Trinajstić information content (AvgIpc) is 2.96. The SMILES string of the molecule is CCNC(c1ccc(F)c(F)c1)C1CCCc2sccc21. The van der Waals surface area contributed by atoms with Crippen molar-refractivity contribution in [2.24, 2.45) is 0 Å². The number of nitrogens with one attached hydrogen (secondary N) is 1. The highest BCUT2D eigenvalue weighted by molar-refractivity contribution is 7.10. The Balaban J connectivity index is 1.97. The fourth-order valence-corrected chi connectivity index (χ4v) is 4.28. The highest BCUT2D eigenvalue weighted by Gasteiger charge is 2.29. The van der Waals surface area contributed by atoms with E-state index in [1.165, 1.54) is 22.6 Å². The lowest BCUT2D eigenvalue weighted by atomic mass is 9.80. The molecule has 0 saturated carbocycles. The zero-order valence-electron chi connectivity index (χ0n) is 12.0. The summed E-state index contributed by atoms with van der Waals surface area (Å²) in [5.74, 6) is -1.21. The summed E-state index contributed by atoms with van der Waals surface area (Å²) in [6.07, 6.45) is 3.38. The number of hydrogen-bond donors (Lipinski definition) is 1. The number of fused-ring (bicyclic) bond motifs is 1. The number of benzene rings is 1. The van der Waals surface area contributed by atoms with Crippen molar-refractivity contribution in [3.05, 3.63) is 57.3 Å². The van der Waals surface area contributed by atoms with E-state index in [1.54, 1.807) is 17.4 Å². The molecule has 21 heavy (non-hydrogen) atoms. The van der Waals surface area contributed by atoms with Gasteiger partial charge >= 0.3 is 0 Å². The lowest BCUT2D eigenvalue weighted by Crippen LogP contribution is -2.29. The minimum absolute atomic E-state index is 0.0405. The molecule has 1 aromatic carbocycles. The maximum Gasteiger partial charge on any atom is 0.159 e. The Morgan fingerprint density at radius 1 is 1.29 bits per heavy atom. The minimum Gasteiger partial charge on any atom is -0.310 e. The molecular formula is C17H19F2NS. The topological polar surface area (TPSA) is 12.0 Å². The minimum atomic E-state index is -0.783. The Kier molecular flexibility index (Phi) is 4.36. The molecule has 0 aliphatic heterocycles. The van der Waals surface area contributed by atoms with Crippen LogP contribution in [0.15, 0.2) is 29.6 Å². The van der Waals surface area contributed by atoms with Gasteiger partial charge in [0.1, 0.15) is 0 Å². The van der Waals surface area contributed by atoms with Gasteiger partial charge in [0.05, 0.1) is 0 Å². The summed E-state index contributed by atoms with van der Waals surface area (Å²) in [5.41, 5.74) is 2.21. The first kappa shape index (κ1) is 14.7. The predicted octanol–water partition coefficient (Wildman–Crippen LogP) is 4.80. The third-order valence-corrected chi connectivity index (χ3v) is 5.22. The average molecular weight is 307 g/mol. The first-order chi connectivity index (χ1) is 10.2. The molecular weight excluding hydrogens is 288 g/mol. The van der Waals surface area contributed by atoms with Crippen molar-refractivity contribution in [2.75, 3.05) is 6.54 Å². The Bertz CT molecular complexity index is 623. The lowest BCUT2D eigenvalue weighted by molar-refractivity contribution is 0.408. The van der Waals surface area contributed by atoms with Crippen LogP contribution in [0, 0.1) is 11.6 Å². The van der Waals surface area contributed by atoms with Crippen molar-refractivity contribution in [3.63, 3.8) is 0 Å². The van der Waals surface area contributed by atoms with Crippen LogP contribution in [0.3, 0.4) is 0 Å². The van der Waals surface area contributed by atoms with Crippen molar-refractivity contribution in [2.45, 2.75) is 38.1 Å². The third kappa shape index (κ3) is 2.87. The molecule has 112 valence electrons. The zero-order valence-corrected chi connectivity index (χ0v) is 12.9. The van der Waals surface area contributed by atoms with Crippen LogP contribution in [0.2, 0.25) is 0 Å². The smallest absolute Gasteiger partial charge is 0.159 e. The number of halogens is 2. The van der Waals surface area contributed by atoms with Gasteiger partial charge in [-0.25, -0.2) is 8.78 Å². The van der Waals surface area contributed by atoms with Crippen molar-refractivity contribution in [3.8, 4) is 0 Å². The molecule has 3 rings (SSSR count). The molecule has 1 N–H and O–H groups in total. The van der Waals surface area contributed by atoms with Crippen molar-refractivity contribution in [1.29, 1.82) is 0 Å². The van der Waals surface area contributed by atoms with E-state index < -0.39 is 11.6 Å². The second-order valence-corrected chi connectivity index (χ2v) is 6.51. The Morgan fingerprint density at radius 3 is 2.90 bits per heavy atom. The largest absolute Gasteiger partial charge is 0.310 e. The summed E-state index contributed by atoms with van der Waals surface area (Å²) in [4.78, 5) is 1.44. The molecule has 2 atom stereocenters. The molecule has 0 saturated heterocycles. The van der Waals surface area contributed by atoms with Crippen molar-refractivity contribution in [1.82, 2.24) is 5.32 Å². The maximum atomic E-state index is 13.6. The van der Waals surface area contributed by atoms with Crippen molar-refractivity contribution < 1.29 is 8.78 Å². The molecule has 2 aromatic rings. The first-order valence-corrected chi connectivity index (χ1v) is 8.33. The fourth-order valence-electron chi connectivity index (χ4n) is 3.29. The summed E-state index contributed by atoms with van der Waals surface area (Å²) in [5, 5.41) is 5.60. The molecule has 0 amide bonds. The van der Waals surface area contributed by atoms with Gasteiger partial charge in [0, 0.05) is 16.8 Å². The van der Waals surface area contributed by atoms with Crippen LogP contribution in [-0.2, 0) is 6.42 Å². The molecule has 0 bridgehead atoms. The number of hydrogen-bond acceptors (Lipinski definition) is 2. The van der Waals surface area contributed by atoms with Gasteiger partial charge in [-0.3, -0.25) is 0 Å². The van der Waals surface area contributed by atoms with Gasteiger partial charge < -0.3 is 5.32 Å². The molecule has 4 heteroatoms. The molecule has 0 fully saturated rings. The highest BCUT2D eigenvalue weighted by atomic mass is 32.1. The quantitative estimate of drug-likeness (QED) is 0.856. The Morgan fingerprint density at radius 2 is 2.14 bits per heavy atom. The first-order valence-electron chi connectivity index (χ1n) is 7.45. The summed E-state index contributed by atoms with van der Waals surface area (Å²) < 4.78 is 26.8. The van der Waals surface area contributed by atoms with Crippen LogP contribution in [0.25, 0.3) is 0 Å². The van der Waals surface area contributed by atoms with Gasteiger partial charge in [-0.1, -0.05) is 13.0 Å². The standard InChI is InChI=1S/C17H19F2NS/c1-2-20-17(11-6-7-14(18)15(19)10-11)13-4-3-5-16-12(13)8-9-21-16/h6-10,13,17,20H,2-5H2,1H3. The van der Waals surface area contributed by atoms with Crippen molar-refractivity contribution >= 4 is 11.3 Å². The van der Waals surface area contributed by atoms with E-state index in [-0.39, 0.29) is 6.04 Å². The van der Waals surface area contributed by atoms with Crippen LogP contribution in [0.4, 0.5) is 8.78 Å². The van der Waals surface area contributed by atoms with Gasteiger partial charge in [-0.05, 0) is 60.5 Å². The second kappa shape index (κ2) is 6.24.